The van der Waals surface area contributed by atoms with Crippen LogP contribution in [0.1, 0.15) is 34.1 Å². The minimum absolute atomic E-state index is 0.0647. The number of rotatable bonds is 4. The minimum atomic E-state index is -0.554. The number of esters is 1. The lowest BCUT2D eigenvalue weighted by molar-refractivity contribution is -0.124. The van der Waals surface area contributed by atoms with Crippen LogP contribution < -0.4 is 9.64 Å². The standard InChI is InChI=1S/C26H21NO5/c1-13(28)14-4-8-17(9-5-14)32-26(31)15-2-6-16(7-3-15)27-24(29)22-18-10-11-19(21-12-20(18)21)23(22)25(27)30/h2-11,18-23H,12H2,1H3/t18-,19-,20-,21-,22-,23+/m1/s1. The molecule has 7 rings (SSSR count). The van der Waals surface area contributed by atoms with E-state index < -0.39 is 5.97 Å². The van der Waals surface area contributed by atoms with E-state index in [1.165, 1.54) is 11.8 Å². The monoisotopic (exact) mass is 427 g/mol. The van der Waals surface area contributed by atoms with Gasteiger partial charge in [-0.05, 0) is 85.5 Å². The lowest BCUT2D eigenvalue weighted by Crippen LogP contribution is -2.40. The van der Waals surface area contributed by atoms with Crippen LogP contribution in [0.15, 0.2) is 60.7 Å². The van der Waals surface area contributed by atoms with Crippen molar-refractivity contribution in [1.82, 2.24) is 0 Å². The van der Waals surface area contributed by atoms with Crippen molar-refractivity contribution in [1.29, 1.82) is 0 Å². The van der Waals surface area contributed by atoms with Gasteiger partial charge < -0.3 is 4.74 Å². The fourth-order valence-corrected chi connectivity index (χ4v) is 5.88. The molecule has 0 aromatic heterocycles. The van der Waals surface area contributed by atoms with Gasteiger partial charge in [-0.25, -0.2) is 4.79 Å². The van der Waals surface area contributed by atoms with Crippen molar-refractivity contribution in [3.05, 3.63) is 71.8 Å². The van der Waals surface area contributed by atoms with Crippen LogP contribution >= 0.6 is 0 Å². The Morgan fingerprint density at radius 3 is 1.88 bits per heavy atom. The molecule has 32 heavy (non-hydrogen) atoms. The van der Waals surface area contributed by atoms with E-state index in [9.17, 15) is 19.2 Å². The lowest BCUT2D eigenvalue weighted by atomic mass is 9.63. The highest BCUT2D eigenvalue weighted by molar-refractivity contribution is 6.22. The Bertz CT molecular complexity index is 1160. The molecule has 1 heterocycles. The number of allylic oxidation sites excluding steroid dienone is 2. The van der Waals surface area contributed by atoms with Gasteiger partial charge in [-0.15, -0.1) is 0 Å². The van der Waals surface area contributed by atoms with Crippen molar-refractivity contribution in [2.45, 2.75) is 13.3 Å². The van der Waals surface area contributed by atoms with Crippen LogP contribution in [0.3, 0.4) is 0 Å². The number of ketones is 1. The summed E-state index contributed by atoms with van der Waals surface area (Å²) in [6.07, 6.45) is 5.43. The van der Waals surface area contributed by atoms with Crippen molar-refractivity contribution in [3.63, 3.8) is 0 Å². The second kappa shape index (κ2) is 6.73. The summed E-state index contributed by atoms with van der Waals surface area (Å²) in [4.78, 5) is 51.6. The second-order valence-electron chi connectivity index (χ2n) is 9.18. The average Bonchev–Trinajstić information content (AvgIpc) is 3.58. The summed E-state index contributed by atoms with van der Waals surface area (Å²) in [7, 11) is 0. The zero-order chi connectivity index (χ0) is 22.1. The van der Waals surface area contributed by atoms with Gasteiger partial charge in [0.15, 0.2) is 5.78 Å². The lowest BCUT2D eigenvalue weighted by Gasteiger charge is -2.37. The highest BCUT2D eigenvalue weighted by atomic mass is 16.5. The zero-order valence-electron chi connectivity index (χ0n) is 17.4. The maximum absolute atomic E-state index is 13.2. The largest absolute Gasteiger partial charge is 0.423 e. The summed E-state index contributed by atoms with van der Waals surface area (Å²) >= 11 is 0. The Kier molecular flexibility index (Phi) is 4.03. The number of carbonyl (C=O) groups is 4. The van der Waals surface area contributed by atoms with E-state index in [2.05, 4.69) is 12.2 Å². The molecule has 6 nitrogen and oxygen atoms in total. The smallest absolute Gasteiger partial charge is 0.343 e. The molecule has 2 saturated carbocycles. The van der Waals surface area contributed by atoms with Crippen LogP contribution in [-0.2, 0) is 9.59 Å². The number of hydrogen-bond donors (Lipinski definition) is 0. The summed E-state index contributed by atoms with van der Waals surface area (Å²) < 4.78 is 5.37. The van der Waals surface area contributed by atoms with E-state index in [1.54, 1.807) is 48.5 Å². The summed E-state index contributed by atoms with van der Waals surface area (Å²) in [6.45, 7) is 1.47. The molecule has 2 aromatic carbocycles. The molecule has 6 atom stereocenters. The van der Waals surface area contributed by atoms with Gasteiger partial charge in [-0.1, -0.05) is 12.2 Å². The van der Waals surface area contributed by atoms with Gasteiger partial charge in [0.2, 0.25) is 11.8 Å². The number of benzene rings is 2. The molecule has 2 aromatic rings. The maximum Gasteiger partial charge on any atom is 0.343 e. The molecule has 160 valence electrons. The third kappa shape index (κ3) is 2.72. The van der Waals surface area contributed by atoms with Crippen LogP contribution in [0.4, 0.5) is 5.69 Å². The van der Waals surface area contributed by atoms with E-state index in [4.69, 9.17) is 4.74 Å². The molecule has 0 spiro atoms. The molecule has 0 radical (unpaired) electrons. The number of ether oxygens (including phenoxy) is 1. The molecule has 0 N–H and O–H groups in total. The summed E-state index contributed by atoms with van der Waals surface area (Å²) in [5.74, 6) is 0.463. The Hall–Kier alpha value is -3.54. The molecule has 0 unspecified atom stereocenters. The summed E-state index contributed by atoms with van der Waals surface area (Å²) in [6, 6.07) is 12.7. The first kappa shape index (κ1) is 19.2. The van der Waals surface area contributed by atoms with Crippen molar-refractivity contribution in [3.8, 4) is 5.75 Å². The van der Waals surface area contributed by atoms with Crippen molar-refractivity contribution in [2.75, 3.05) is 4.90 Å². The number of imide groups is 1. The SMILES string of the molecule is CC(=O)c1ccc(OC(=O)c2ccc(N3C(=O)[C@@H]4[C@@H]5C=C[C@H]([C@H]6C[C@H]56)[C@@H]4C3=O)cc2)cc1. The first-order valence-electron chi connectivity index (χ1n) is 10.9. The van der Waals surface area contributed by atoms with Crippen LogP contribution in [-0.4, -0.2) is 23.6 Å². The van der Waals surface area contributed by atoms with E-state index in [0.29, 0.717) is 34.4 Å². The van der Waals surface area contributed by atoms with Crippen LogP contribution in [0.25, 0.3) is 0 Å². The number of Topliss-reactive ketones (excluding diaryl/α,β-unsaturated/α-hetero) is 1. The van der Waals surface area contributed by atoms with Gasteiger partial charge in [0.1, 0.15) is 5.75 Å². The first-order valence-corrected chi connectivity index (χ1v) is 10.9. The Morgan fingerprint density at radius 2 is 1.34 bits per heavy atom. The third-order valence-corrected chi connectivity index (χ3v) is 7.50. The fraction of sp³-hybridized carbons (Fsp3) is 0.308. The van der Waals surface area contributed by atoms with E-state index in [1.807, 2.05) is 0 Å². The molecular formula is C26H21NO5. The van der Waals surface area contributed by atoms with Gasteiger partial charge in [0.25, 0.3) is 0 Å². The van der Waals surface area contributed by atoms with Gasteiger partial charge >= 0.3 is 5.97 Å². The first-order chi connectivity index (χ1) is 15.4. The summed E-state index contributed by atoms with van der Waals surface area (Å²) in [5, 5.41) is 0. The maximum atomic E-state index is 13.2. The molecular weight excluding hydrogens is 406 g/mol. The van der Waals surface area contributed by atoms with Gasteiger partial charge in [-0.2, -0.15) is 0 Å². The Labute approximate surface area is 184 Å². The molecule has 5 aliphatic rings. The van der Waals surface area contributed by atoms with Gasteiger partial charge in [-0.3, -0.25) is 19.3 Å². The van der Waals surface area contributed by atoms with Gasteiger partial charge in [0.05, 0.1) is 23.1 Å². The quantitative estimate of drug-likeness (QED) is 0.245. The number of nitrogens with zero attached hydrogens (tertiary/aromatic N) is 1. The van der Waals surface area contributed by atoms with E-state index >= 15 is 0 Å². The highest BCUT2D eigenvalue weighted by Crippen LogP contribution is 2.65. The third-order valence-electron chi connectivity index (χ3n) is 7.50. The number of amides is 2. The molecule has 3 fully saturated rings. The normalized spacial score (nSPS) is 31.3. The topological polar surface area (TPSA) is 80.8 Å². The summed E-state index contributed by atoms with van der Waals surface area (Å²) in [5.41, 5.74) is 1.34. The zero-order valence-corrected chi connectivity index (χ0v) is 17.4. The van der Waals surface area contributed by atoms with Crippen molar-refractivity contribution in [2.24, 2.45) is 35.5 Å². The van der Waals surface area contributed by atoms with Crippen LogP contribution in [0.5, 0.6) is 5.75 Å². The van der Waals surface area contributed by atoms with E-state index in [-0.39, 0.29) is 41.3 Å². The second-order valence-corrected chi connectivity index (χ2v) is 9.18. The van der Waals surface area contributed by atoms with Gasteiger partial charge in [0, 0.05) is 5.56 Å². The predicted octanol–water partition coefficient (Wildman–Crippen LogP) is 3.67. The molecule has 6 heteroatoms. The Balaban J connectivity index is 1.19. The van der Waals surface area contributed by atoms with Crippen LogP contribution in [0.2, 0.25) is 0 Å². The van der Waals surface area contributed by atoms with Crippen molar-refractivity contribution < 1.29 is 23.9 Å². The number of anilines is 1. The molecule has 2 amide bonds. The number of hydrogen-bond acceptors (Lipinski definition) is 5. The highest BCUT2D eigenvalue weighted by Gasteiger charge is 2.67. The fourth-order valence-electron chi connectivity index (χ4n) is 5.88. The van der Waals surface area contributed by atoms with E-state index in [0.717, 1.165) is 6.42 Å². The van der Waals surface area contributed by atoms with Crippen molar-refractivity contribution >= 4 is 29.3 Å². The molecule has 2 bridgehead atoms. The molecule has 4 aliphatic carbocycles. The minimum Gasteiger partial charge on any atom is -0.423 e. The average molecular weight is 427 g/mol. The molecule has 1 saturated heterocycles. The Morgan fingerprint density at radius 1 is 0.812 bits per heavy atom. The van der Waals surface area contributed by atoms with Crippen LogP contribution in [0, 0.1) is 35.5 Å². The molecule has 1 aliphatic heterocycles. The predicted molar refractivity (Wildman–Crippen MR) is 115 cm³/mol. The number of carbonyl (C=O) groups excluding carboxylic acids is 4.